The van der Waals surface area contributed by atoms with Gasteiger partial charge in [0.2, 0.25) is 0 Å². The van der Waals surface area contributed by atoms with Crippen LogP contribution in [0.3, 0.4) is 0 Å². The number of fused-ring (bicyclic) bond motifs is 4. The van der Waals surface area contributed by atoms with E-state index in [0.29, 0.717) is 12.4 Å². The summed E-state index contributed by atoms with van der Waals surface area (Å²) in [5.74, 6) is 1.49. The van der Waals surface area contributed by atoms with Crippen LogP contribution < -0.4 is 10.5 Å². The first-order chi connectivity index (χ1) is 16.7. The van der Waals surface area contributed by atoms with Gasteiger partial charge in [0, 0.05) is 36.9 Å². The fraction of sp³-hybridized carbons (Fsp3) is 0.259. The molecule has 0 amide bonds. The summed E-state index contributed by atoms with van der Waals surface area (Å²) in [5.41, 5.74) is 9.05. The summed E-state index contributed by atoms with van der Waals surface area (Å²) in [6, 6.07) is 23.2. The number of hydrogen-bond donors (Lipinski definition) is 2. The third-order valence-electron chi connectivity index (χ3n) is 6.04. The second kappa shape index (κ2) is 10.4. The fourth-order valence-corrected chi connectivity index (χ4v) is 5.10. The molecular weight excluding hydrogens is 442 g/mol. The van der Waals surface area contributed by atoms with Gasteiger partial charge in [0.05, 0.1) is 17.6 Å². The molecule has 0 unspecified atom stereocenters. The van der Waals surface area contributed by atoms with Crippen molar-refractivity contribution in [1.82, 2.24) is 19.3 Å². The molecule has 0 aliphatic heterocycles. The lowest BCUT2D eigenvalue weighted by Crippen LogP contribution is -2.10. The van der Waals surface area contributed by atoms with Crippen LogP contribution in [0.2, 0.25) is 0 Å². The van der Waals surface area contributed by atoms with E-state index < -0.39 is 0 Å². The minimum Gasteiger partial charge on any atom is -0.384 e. The number of ether oxygens (including phenoxy) is 1. The Bertz CT molecular complexity index is 1430. The first-order valence-electron chi connectivity index (χ1n) is 11.7. The maximum atomic E-state index is 6.29. The maximum absolute atomic E-state index is 6.29. The van der Waals surface area contributed by atoms with E-state index in [1.807, 2.05) is 18.2 Å². The van der Waals surface area contributed by atoms with Gasteiger partial charge in [-0.1, -0.05) is 48.5 Å². The quantitative estimate of drug-likeness (QED) is 0.204. The average molecular weight is 472 g/mol. The number of pyridine rings is 1. The number of nitrogens with zero attached hydrogens (tertiary/aromatic N) is 3. The van der Waals surface area contributed by atoms with Gasteiger partial charge in [0.1, 0.15) is 11.3 Å². The van der Waals surface area contributed by atoms with Crippen molar-refractivity contribution in [3.8, 4) is 0 Å². The Labute approximate surface area is 203 Å². The number of nitrogens with one attached hydrogen (secondary N) is 1. The van der Waals surface area contributed by atoms with Crippen LogP contribution in [-0.4, -0.2) is 34.8 Å². The van der Waals surface area contributed by atoms with E-state index in [1.54, 1.807) is 19.1 Å². The molecule has 174 valence electrons. The number of aryl methyl sites for hydroxylation is 1. The van der Waals surface area contributed by atoms with Gasteiger partial charge in [-0.15, -0.1) is 0 Å². The van der Waals surface area contributed by atoms with Gasteiger partial charge in [-0.05, 0) is 53.8 Å². The Morgan fingerprint density at radius 3 is 2.68 bits per heavy atom. The molecule has 7 heteroatoms. The average Bonchev–Trinajstić information content (AvgIpc) is 3.24. The summed E-state index contributed by atoms with van der Waals surface area (Å²) in [4.78, 5) is 10.7. The van der Waals surface area contributed by atoms with E-state index in [4.69, 9.17) is 15.5 Å². The highest BCUT2D eigenvalue weighted by Crippen LogP contribution is 2.29. The van der Waals surface area contributed by atoms with Crippen molar-refractivity contribution in [1.29, 1.82) is 0 Å². The number of hydrogen-bond acceptors (Lipinski definition) is 6. The van der Waals surface area contributed by atoms with Crippen molar-refractivity contribution in [3.05, 3.63) is 72.6 Å². The van der Waals surface area contributed by atoms with E-state index >= 15 is 0 Å². The molecule has 0 saturated heterocycles. The van der Waals surface area contributed by atoms with Crippen molar-refractivity contribution in [2.24, 2.45) is 0 Å². The van der Waals surface area contributed by atoms with E-state index in [0.717, 1.165) is 60.1 Å². The maximum Gasteiger partial charge on any atom is 0.152 e. The zero-order valence-corrected chi connectivity index (χ0v) is 20.1. The molecule has 34 heavy (non-hydrogen) atoms. The summed E-state index contributed by atoms with van der Waals surface area (Å²) < 4.78 is 11.2. The normalized spacial score (nSPS) is 11.7. The molecule has 5 aromatic rings. The lowest BCUT2D eigenvalue weighted by molar-refractivity contribution is 0.199. The molecule has 6 nitrogen and oxygen atoms in total. The van der Waals surface area contributed by atoms with Crippen molar-refractivity contribution < 1.29 is 4.74 Å². The zero-order valence-electron chi connectivity index (χ0n) is 19.3. The van der Waals surface area contributed by atoms with E-state index in [1.165, 1.54) is 15.7 Å². The Balaban J connectivity index is 1.26. The van der Waals surface area contributed by atoms with Gasteiger partial charge in [-0.25, -0.2) is 9.97 Å². The Morgan fingerprint density at radius 1 is 0.971 bits per heavy atom. The molecule has 0 radical (unpaired) electrons. The number of para-hydroxylation sites is 1. The Kier molecular flexibility index (Phi) is 6.94. The summed E-state index contributed by atoms with van der Waals surface area (Å²) >= 11 is 1.69. The number of benzene rings is 3. The molecular formula is C27H29N5OS. The fourth-order valence-electron chi connectivity index (χ4n) is 4.36. The van der Waals surface area contributed by atoms with Crippen molar-refractivity contribution in [2.45, 2.75) is 30.7 Å². The number of nitrogen functional groups attached to an aromatic ring is 1. The van der Waals surface area contributed by atoms with Gasteiger partial charge in [0.15, 0.2) is 5.82 Å². The van der Waals surface area contributed by atoms with Gasteiger partial charge in [-0.3, -0.25) is 4.72 Å². The van der Waals surface area contributed by atoms with Gasteiger partial charge < -0.3 is 15.0 Å². The van der Waals surface area contributed by atoms with E-state index in [2.05, 4.69) is 62.8 Å². The first-order valence-corrected chi connectivity index (χ1v) is 12.5. The van der Waals surface area contributed by atoms with Crippen LogP contribution >= 0.6 is 11.9 Å². The minimum absolute atomic E-state index is 0.486. The molecule has 5 rings (SSSR count). The number of methoxy groups -OCH3 is 1. The number of aromatic nitrogens is 3. The third-order valence-corrected chi connectivity index (χ3v) is 6.88. The Hall–Kier alpha value is -3.13. The first kappa shape index (κ1) is 22.7. The van der Waals surface area contributed by atoms with Crippen molar-refractivity contribution >= 4 is 50.5 Å². The molecule has 0 fully saturated rings. The number of rotatable bonds is 10. The molecule has 0 aliphatic rings. The zero-order chi connectivity index (χ0) is 23.3. The lowest BCUT2D eigenvalue weighted by atomic mass is 10.1. The van der Waals surface area contributed by atoms with Crippen LogP contribution in [0.25, 0.3) is 32.7 Å². The highest BCUT2D eigenvalue weighted by molar-refractivity contribution is 7.97. The molecule has 2 heterocycles. The van der Waals surface area contributed by atoms with Crippen LogP contribution in [0.1, 0.15) is 18.7 Å². The standard InChI is InChI=1S/C27H29N5OS/c1-33-17-14-24-31-25-26(22-10-4-5-11-23(22)30-27(25)28)32(24)16-7-6-15-29-34-21-13-12-19-8-2-3-9-20(19)18-21/h2-5,8-13,18,29H,6-7,14-17H2,1H3,(H2,28,30). The van der Waals surface area contributed by atoms with Gasteiger partial charge in [0.25, 0.3) is 0 Å². The molecule has 0 aliphatic carbocycles. The molecule has 3 N–H and O–H groups in total. The minimum atomic E-state index is 0.486. The lowest BCUT2D eigenvalue weighted by Gasteiger charge is -2.11. The molecule has 0 bridgehead atoms. The van der Waals surface area contributed by atoms with Gasteiger partial charge >= 0.3 is 0 Å². The second-order valence-corrected chi connectivity index (χ2v) is 9.31. The van der Waals surface area contributed by atoms with E-state index in [9.17, 15) is 0 Å². The van der Waals surface area contributed by atoms with Crippen LogP contribution in [0.4, 0.5) is 5.82 Å². The smallest absolute Gasteiger partial charge is 0.152 e. The predicted molar refractivity (Wildman–Crippen MR) is 142 cm³/mol. The SMILES string of the molecule is COCCc1nc2c(N)nc3ccccc3c2n1CCCCNSc1ccc2ccccc2c1. The van der Waals surface area contributed by atoms with Gasteiger partial charge in [-0.2, -0.15) is 0 Å². The molecule has 3 aromatic carbocycles. The van der Waals surface area contributed by atoms with Crippen LogP contribution in [0.15, 0.2) is 71.6 Å². The van der Waals surface area contributed by atoms with Crippen LogP contribution in [0.5, 0.6) is 0 Å². The van der Waals surface area contributed by atoms with Crippen molar-refractivity contribution in [3.63, 3.8) is 0 Å². The third kappa shape index (κ3) is 4.73. The van der Waals surface area contributed by atoms with Crippen LogP contribution in [0, 0.1) is 0 Å². The Morgan fingerprint density at radius 2 is 1.79 bits per heavy atom. The molecule has 0 spiro atoms. The predicted octanol–water partition coefficient (Wildman–Crippen LogP) is 5.59. The van der Waals surface area contributed by atoms with E-state index in [-0.39, 0.29) is 0 Å². The number of imidazole rings is 1. The number of nitrogens with two attached hydrogens (primary N) is 1. The monoisotopic (exact) mass is 471 g/mol. The molecule has 0 atom stereocenters. The van der Waals surface area contributed by atoms with Crippen molar-refractivity contribution in [2.75, 3.05) is 26.0 Å². The summed E-state index contributed by atoms with van der Waals surface area (Å²) in [6.07, 6.45) is 2.84. The molecule has 0 saturated carbocycles. The number of anilines is 1. The van der Waals surface area contributed by atoms with Crippen LogP contribution in [-0.2, 0) is 17.7 Å². The number of unbranched alkanes of at least 4 members (excludes halogenated alkanes) is 1. The summed E-state index contributed by atoms with van der Waals surface area (Å²) in [6.45, 7) is 2.44. The largest absolute Gasteiger partial charge is 0.384 e. The highest BCUT2D eigenvalue weighted by Gasteiger charge is 2.16. The summed E-state index contributed by atoms with van der Waals surface area (Å²) in [7, 11) is 1.72. The summed E-state index contributed by atoms with van der Waals surface area (Å²) in [5, 5.41) is 3.63. The topological polar surface area (TPSA) is 78.0 Å². The second-order valence-electron chi connectivity index (χ2n) is 8.35. The molecule has 2 aromatic heterocycles. The highest BCUT2D eigenvalue weighted by atomic mass is 32.2.